The van der Waals surface area contributed by atoms with Gasteiger partial charge in [-0.25, -0.2) is 4.79 Å². The van der Waals surface area contributed by atoms with E-state index in [9.17, 15) is 9.59 Å². The number of carbonyl (C=O) groups is 2. The lowest BCUT2D eigenvalue weighted by Gasteiger charge is -2.20. The van der Waals surface area contributed by atoms with E-state index in [0.717, 1.165) is 16.8 Å². The number of ether oxygens (including phenoxy) is 1. The van der Waals surface area contributed by atoms with E-state index in [1.165, 1.54) is 6.07 Å². The summed E-state index contributed by atoms with van der Waals surface area (Å²) in [6.07, 6.45) is 0. The van der Waals surface area contributed by atoms with Crippen molar-refractivity contribution >= 4 is 17.6 Å². The molecule has 2 aromatic rings. The van der Waals surface area contributed by atoms with Crippen LogP contribution in [0.25, 0.3) is 0 Å². The molecule has 0 saturated carbocycles. The van der Waals surface area contributed by atoms with Crippen LogP contribution in [0.3, 0.4) is 0 Å². The first kappa shape index (κ1) is 20.2. The fourth-order valence-corrected chi connectivity index (χ4v) is 2.80. The normalized spacial score (nSPS) is 10.6. The molecule has 0 aliphatic rings. The van der Waals surface area contributed by atoms with Crippen LogP contribution in [0.2, 0.25) is 0 Å². The van der Waals surface area contributed by atoms with Gasteiger partial charge in [0.1, 0.15) is 0 Å². The number of amides is 1. The van der Waals surface area contributed by atoms with Gasteiger partial charge in [0.15, 0.2) is 6.61 Å². The van der Waals surface area contributed by atoms with Crippen LogP contribution in [0, 0.1) is 11.3 Å². The predicted octanol–water partition coefficient (Wildman–Crippen LogP) is 4.60. The lowest BCUT2D eigenvalue weighted by atomic mass is 9.92. The zero-order valence-corrected chi connectivity index (χ0v) is 16.1. The lowest BCUT2D eigenvalue weighted by Crippen LogP contribution is -2.22. The molecule has 1 amide bonds. The van der Waals surface area contributed by atoms with Crippen LogP contribution >= 0.6 is 0 Å². The molecule has 27 heavy (non-hydrogen) atoms. The van der Waals surface area contributed by atoms with E-state index in [1.54, 1.807) is 18.2 Å². The largest absolute Gasteiger partial charge is 0.452 e. The second-order valence-electron chi connectivity index (χ2n) is 6.94. The van der Waals surface area contributed by atoms with Gasteiger partial charge in [-0.05, 0) is 41.2 Å². The number of esters is 1. The highest BCUT2D eigenvalue weighted by molar-refractivity contribution is 5.96. The van der Waals surface area contributed by atoms with Gasteiger partial charge >= 0.3 is 5.97 Å². The standard InChI is InChI=1S/C22H24N2O3/c1-14(2)18-9-6-10-19(15(3)4)21(18)24-20(25)13-27-22(26)17-8-5-7-16(11-17)12-23/h5-11,14-15H,13H2,1-4H3,(H,24,25). The first-order valence-corrected chi connectivity index (χ1v) is 8.93. The minimum atomic E-state index is -0.636. The smallest absolute Gasteiger partial charge is 0.338 e. The van der Waals surface area contributed by atoms with E-state index in [1.807, 2.05) is 24.3 Å². The summed E-state index contributed by atoms with van der Waals surface area (Å²) in [5.74, 6) is -0.538. The van der Waals surface area contributed by atoms with Gasteiger partial charge in [-0.15, -0.1) is 0 Å². The van der Waals surface area contributed by atoms with Crippen molar-refractivity contribution in [3.8, 4) is 6.07 Å². The fourth-order valence-electron chi connectivity index (χ4n) is 2.80. The molecular formula is C22H24N2O3. The van der Waals surface area contributed by atoms with E-state index in [4.69, 9.17) is 10.00 Å². The average Bonchev–Trinajstić information content (AvgIpc) is 2.65. The molecule has 0 saturated heterocycles. The number of nitrogens with zero attached hydrogens (tertiary/aromatic N) is 1. The maximum absolute atomic E-state index is 12.4. The molecule has 0 bridgehead atoms. The molecule has 0 aliphatic heterocycles. The van der Waals surface area contributed by atoms with Crippen LogP contribution < -0.4 is 5.32 Å². The first-order chi connectivity index (χ1) is 12.8. The van der Waals surface area contributed by atoms with E-state index < -0.39 is 11.9 Å². The number of carbonyl (C=O) groups excluding carboxylic acids is 2. The Balaban J connectivity index is 2.10. The molecule has 1 N–H and O–H groups in total. The molecule has 5 heteroatoms. The van der Waals surface area contributed by atoms with Crippen molar-refractivity contribution in [2.24, 2.45) is 0 Å². The van der Waals surface area contributed by atoms with Gasteiger partial charge in [-0.3, -0.25) is 4.79 Å². The van der Waals surface area contributed by atoms with Crippen LogP contribution in [-0.2, 0) is 9.53 Å². The van der Waals surface area contributed by atoms with Crippen LogP contribution in [0.4, 0.5) is 5.69 Å². The second kappa shape index (κ2) is 9.00. The Morgan fingerprint density at radius 2 is 1.63 bits per heavy atom. The summed E-state index contributed by atoms with van der Waals surface area (Å²) < 4.78 is 5.10. The topological polar surface area (TPSA) is 79.2 Å². The van der Waals surface area contributed by atoms with Crippen molar-refractivity contribution in [2.45, 2.75) is 39.5 Å². The molecule has 0 aromatic heterocycles. The Hall–Kier alpha value is -3.13. The third kappa shape index (κ3) is 5.18. The van der Waals surface area contributed by atoms with E-state index >= 15 is 0 Å². The van der Waals surface area contributed by atoms with Crippen molar-refractivity contribution in [1.29, 1.82) is 5.26 Å². The third-order valence-electron chi connectivity index (χ3n) is 4.20. The lowest BCUT2D eigenvalue weighted by molar-refractivity contribution is -0.119. The average molecular weight is 364 g/mol. The molecule has 140 valence electrons. The molecule has 5 nitrogen and oxygen atoms in total. The number of nitriles is 1. The van der Waals surface area contributed by atoms with Gasteiger partial charge in [0.2, 0.25) is 0 Å². The van der Waals surface area contributed by atoms with Gasteiger partial charge in [0, 0.05) is 5.69 Å². The Kier molecular flexibility index (Phi) is 6.73. The first-order valence-electron chi connectivity index (χ1n) is 8.93. The van der Waals surface area contributed by atoms with Gasteiger partial charge in [-0.2, -0.15) is 5.26 Å². The highest BCUT2D eigenvalue weighted by Gasteiger charge is 2.17. The van der Waals surface area contributed by atoms with E-state index in [-0.39, 0.29) is 24.0 Å². The molecule has 0 radical (unpaired) electrons. The zero-order valence-electron chi connectivity index (χ0n) is 16.1. The Bertz CT molecular complexity index is 853. The monoisotopic (exact) mass is 364 g/mol. The van der Waals surface area contributed by atoms with Gasteiger partial charge in [0.05, 0.1) is 17.2 Å². The Labute approximate surface area is 160 Å². The highest BCUT2D eigenvalue weighted by Crippen LogP contribution is 2.32. The second-order valence-corrected chi connectivity index (χ2v) is 6.94. The summed E-state index contributed by atoms with van der Waals surface area (Å²) in [6.45, 7) is 7.88. The van der Waals surface area contributed by atoms with Crippen molar-refractivity contribution < 1.29 is 14.3 Å². The molecular weight excluding hydrogens is 340 g/mol. The van der Waals surface area contributed by atoms with Crippen molar-refractivity contribution in [2.75, 3.05) is 11.9 Å². The number of rotatable bonds is 6. The minimum absolute atomic E-state index is 0.243. The van der Waals surface area contributed by atoms with Gasteiger partial charge in [-0.1, -0.05) is 52.0 Å². The summed E-state index contributed by atoms with van der Waals surface area (Å²) in [4.78, 5) is 24.5. The summed E-state index contributed by atoms with van der Waals surface area (Å²) >= 11 is 0. The van der Waals surface area contributed by atoms with Crippen LogP contribution in [0.1, 0.15) is 66.6 Å². The molecule has 0 spiro atoms. The molecule has 0 fully saturated rings. The minimum Gasteiger partial charge on any atom is -0.452 e. The molecule has 0 heterocycles. The number of benzene rings is 2. The Morgan fingerprint density at radius 3 is 2.19 bits per heavy atom. The Morgan fingerprint density at radius 1 is 1.04 bits per heavy atom. The van der Waals surface area contributed by atoms with Crippen LogP contribution in [0.5, 0.6) is 0 Å². The third-order valence-corrected chi connectivity index (χ3v) is 4.20. The van der Waals surface area contributed by atoms with Gasteiger partial charge in [0.25, 0.3) is 5.91 Å². The number of para-hydroxylation sites is 1. The fraction of sp³-hybridized carbons (Fsp3) is 0.318. The molecule has 2 aromatic carbocycles. The van der Waals surface area contributed by atoms with Gasteiger partial charge < -0.3 is 10.1 Å². The quantitative estimate of drug-likeness (QED) is 0.760. The van der Waals surface area contributed by atoms with E-state index in [2.05, 4.69) is 33.0 Å². The molecule has 0 aliphatic carbocycles. The van der Waals surface area contributed by atoms with Crippen LogP contribution in [0.15, 0.2) is 42.5 Å². The van der Waals surface area contributed by atoms with Crippen molar-refractivity contribution in [3.05, 3.63) is 64.7 Å². The number of nitrogens with one attached hydrogen (secondary N) is 1. The summed E-state index contributed by atoms with van der Waals surface area (Å²) in [5, 5.41) is 11.8. The summed E-state index contributed by atoms with van der Waals surface area (Å²) in [7, 11) is 0. The van der Waals surface area contributed by atoms with Crippen LogP contribution in [-0.4, -0.2) is 18.5 Å². The summed E-state index contributed by atoms with van der Waals surface area (Å²) in [5.41, 5.74) is 3.48. The number of anilines is 1. The number of hydrogen-bond acceptors (Lipinski definition) is 4. The highest BCUT2D eigenvalue weighted by atomic mass is 16.5. The molecule has 0 unspecified atom stereocenters. The maximum atomic E-state index is 12.4. The molecule has 2 rings (SSSR count). The summed E-state index contributed by atoms with van der Waals surface area (Å²) in [6, 6.07) is 14.1. The van der Waals surface area contributed by atoms with Crippen molar-refractivity contribution in [3.63, 3.8) is 0 Å². The SMILES string of the molecule is CC(C)c1cccc(C(C)C)c1NC(=O)COC(=O)c1cccc(C#N)c1. The maximum Gasteiger partial charge on any atom is 0.338 e. The van der Waals surface area contributed by atoms with Crippen molar-refractivity contribution in [1.82, 2.24) is 0 Å². The van der Waals surface area contributed by atoms with E-state index in [0.29, 0.717) is 5.56 Å². The molecule has 0 atom stereocenters. The number of hydrogen-bond donors (Lipinski definition) is 1. The zero-order chi connectivity index (χ0) is 20.0. The predicted molar refractivity (Wildman–Crippen MR) is 105 cm³/mol.